The molecule has 1 aromatic carbocycles. The van der Waals surface area contributed by atoms with Crippen molar-refractivity contribution in [1.82, 2.24) is 15.4 Å². The molecule has 5 nitrogen and oxygen atoms in total. The van der Waals surface area contributed by atoms with Crippen LogP contribution < -0.4 is 11.3 Å². The summed E-state index contributed by atoms with van der Waals surface area (Å²) >= 11 is 1.40. The smallest absolute Gasteiger partial charge is 0.247 e. The summed E-state index contributed by atoms with van der Waals surface area (Å²) in [6.45, 7) is 3.96. The molecule has 1 amide bonds. The minimum absolute atomic E-state index is 0.173. The van der Waals surface area contributed by atoms with Gasteiger partial charge >= 0.3 is 0 Å². The topological polar surface area (TPSA) is 83.8 Å². The molecule has 2 aromatic rings. The van der Waals surface area contributed by atoms with Gasteiger partial charge in [-0.1, -0.05) is 37.7 Å². The Labute approximate surface area is 110 Å². The third kappa shape index (κ3) is 2.65. The molecule has 0 aliphatic heterocycles. The maximum absolute atomic E-state index is 11.7. The van der Waals surface area contributed by atoms with E-state index in [0.717, 1.165) is 16.2 Å². The average Bonchev–Trinajstić information content (AvgIpc) is 2.77. The first-order valence-electron chi connectivity index (χ1n) is 5.73. The molecular formula is C12H16N4OS. The lowest BCUT2D eigenvalue weighted by atomic mass is 10.1. The lowest BCUT2D eigenvalue weighted by Gasteiger charge is -2.16. The second-order valence-electron chi connectivity index (χ2n) is 4.35. The van der Waals surface area contributed by atoms with Crippen LogP contribution in [0.1, 0.15) is 13.8 Å². The summed E-state index contributed by atoms with van der Waals surface area (Å²) < 4.78 is 0. The van der Waals surface area contributed by atoms with Gasteiger partial charge in [0.05, 0.1) is 16.3 Å². The van der Waals surface area contributed by atoms with Crippen LogP contribution >= 0.6 is 11.8 Å². The summed E-state index contributed by atoms with van der Waals surface area (Å²) in [7, 11) is 0. The van der Waals surface area contributed by atoms with E-state index in [1.54, 1.807) is 0 Å². The number of fused-ring (bicyclic) bond motifs is 1. The van der Waals surface area contributed by atoms with Crippen molar-refractivity contribution in [2.24, 2.45) is 11.8 Å². The van der Waals surface area contributed by atoms with Gasteiger partial charge in [-0.2, -0.15) is 0 Å². The molecule has 2 rings (SSSR count). The minimum atomic E-state index is -0.254. The largest absolute Gasteiger partial charge is 0.333 e. The zero-order valence-corrected chi connectivity index (χ0v) is 11.1. The van der Waals surface area contributed by atoms with Gasteiger partial charge in [0.15, 0.2) is 5.16 Å². The Bertz CT molecular complexity index is 519. The van der Waals surface area contributed by atoms with Gasteiger partial charge in [0, 0.05) is 0 Å². The van der Waals surface area contributed by atoms with Gasteiger partial charge in [0.2, 0.25) is 5.91 Å². The number of hydrogen-bond donors (Lipinski definition) is 3. The number of carbonyl (C=O) groups excluding carboxylic acids is 1. The molecule has 1 atom stereocenters. The number of amides is 1. The van der Waals surface area contributed by atoms with E-state index in [0.29, 0.717) is 0 Å². The number of H-pyrrole nitrogens is 1. The van der Waals surface area contributed by atoms with E-state index in [4.69, 9.17) is 5.84 Å². The van der Waals surface area contributed by atoms with E-state index < -0.39 is 0 Å². The van der Waals surface area contributed by atoms with Crippen molar-refractivity contribution < 1.29 is 4.79 Å². The molecule has 0 aliphatic carbocycles. The number of aromatic nitrogens is 2. The summed E-state index contributed by atoms with van der Waals surface area (Å²) in [6.07, 6.45) is 0. The summed E-state index contributed by atoms with van der Waals surface area (Å²) in [4.78, 5) is 19.3. The molecule has 18 heavy (non-hydrogen) atoms. The van der Waals surface area contributed by atoms with Crippen molar-refractivity contribution in [2.45, 2.75) is 24.3 Å². The summed E-state index contributed by atoms with van der Waals surface area (Å²) in [6, 6.07) is 7.77. The van der Waals surface area contributed by atoms with E-state index in [9.17, 15) is 4.79 Å². The predicted octanol–water partition coefficient (Wildman–Crippen LogP) is 1.67. The van der Waals surface area contributed by atoms with E-state index in [1.807, 2.05) is 38.1 Å². The minimum Gasteiger partial charge on any atom is -0.333 e. The lowest BCUT2D eigenvalue weighted by Crippen LogP contribution is -2.40. The second-order valence-corrected chi connectivity index (χ2v) is 5.48. The van der Waals surface area contributed by atoms with Gasteiger partial charge < -0.3 is 4.98 Å². The number of nitrogens with two attached hydrogens (primary N) is 1. The summed E-state index contributed by atoms with van der Waals surface area (Å²) in [5.41, 5.74) is 4.07. The fourth-order valence-electron chi connectivity index (χ4n) is 1.68. The molecule has 0 bridgehead atoms. The number of nitrogens with one attached hydrogen (secondary N) is 2. The van der Waals surface area contributed by atoms with Crippen LogP contribution in [0, 0.1) is 5.92 Å². The number of imidazole rings is 1. The third-order valence-electron chi connectivity index (χ3n) is 2.61. The number of nitrogens with zero attached hydrogens (tertiary/aromatic N) is 1. The van der Waals surface area contributed by atoms with E-state index in [2.05, 4.69) is 15.4 Å². The van der Waals surface area contributed by atoms with E-state index in [1.165, 1.54) is 11.8 Å². The Morgan fingerprint density at radius 1 is 1.44 bits per heavy atom. The first kappa shape index (κ1) is 12.9. The number of thioether (sulfide) groups is 1. The van der Waals surface area contributed by atoms with Gasteiger partial charge in [0.25, 0.3) is 0 Å². The molecular weight excluding hydrogens is 248 g/mol. The van der Waals surface area contributed by atoms with Crippen molar-refractivity contribution in [1.29, 1.82) is 0 Å². The summed E-state index contributed by atoms with van der Waals surface area (Å²) in [5, 5.41) is 0.481. The molecule has 1 heterocycles. The standard InChI is InChI=1S/C12H16N4OS/c1-7(2)10(11(17)16-13)18-12-14-8-5-3-4-6-9(8)15-12/h3-7,10H,13H2,1-2H3,(H,14,15)(H,16,17). The van der Waals surface area contributed by atoms with Crippen molar-refractivity contribution >= 4 is 28.7 Å². The Hall–Kier alpha value is -1.53. The highest BCUT2D eigenvalue weighted by atomic mass is 32.2. The number of carbonyl (C=O) groups is 1. The van der Waals surface area contributed by atoms with Crippen molar-refractivity contribution in [3.8, 4) is 0 Å². The molecule has 0 saturated carbocycles. The van der Waals surface area contributed by atoms with Gasteiger partial charge in [0.1, 0.15) is 0 Å². The van der Waals surface area contributed by atoms with Gasteiger partial charge in [-0.25, -0.2) is 10.8 Å². The highest BCUT2D eigenvalue weighted by Gasteiger charge is 2.24. The van der Waals surface area contributed by atoms with Crippen molar-refractivity contribution in [2.75, 3.05) is 0 Å². The molecule has 0 radical (unpaired) electrons. The van der Waals surface area contributed by atoms with Gasteiger partial charge in [-0.15, -0.1) is 0 Å². The Balaban J connectivity index is 2.23. The summed E-state index contributed by atoms with van der Waals surface area (Å²) in [5.74, 6) is 5.18. The SMILES string of the molecule is CC(C)C(Sc1nc2ccccc2[nH]1)C(=O)NN. The van der Waals surface area contributed by atoms with Crippen LogP contribution in [0.4, 0.5) is 0 Å². The maximum atomic E-state index is 11.7. The number of hydrazine groups is 1. The number of benzene rings is 1. The van der Waals surface area contributed by atoms with Crippen LogP contribution in [0.3, 0.4) is 0 Å². The highest BCUT2D eigenvalue weighted by Crippen LogP contribution is 2.27. The van der Waals surface area contributed by atoms with Crippen LogP contribution in [0.25, 0.3) is 11.0 Å². The monoisotopic (exact) mass is 264 g/mol. The zero-order chi connectivity index (χ0) is 13.1. The molecule has 96 valence electrons. The maximum Gasteiger partial charge on any atom is 0.247 e. The Morgan fingerprint density at radius 2 is 2.17 bits per heavy atom. The Kier molecular flexibility index (Phi) is 3.88. The molecule has 1 unspecified atom stereocenters. The molecule has 1 aromatic heterocycles. The van der Waals surface area contributed by atoms with Gasteiger partial charge in [-0.3, -0.25) is 10.2 Å². The van der Waals surface area contributed by atoms with E-state index >= 15 is 0 Å². The predicted molar refractivity (Wildman–Crippen MR) is 72.9 cm³/mol. The Morgan fingerprint density at radius 3 is 2.78 bits per heavy atom. The first-order chi connectivity index (χ1) is 8.61. The lowest BCUT2D eigenvalue weighted by molar-refractivity contribution is -0.121. The molecule has 0 saturated heterocycles. The molecule has 0 fully saturated rings. The van der Waals surface area contributed by atoms with Crippen LogP contribution in [0.5, 0.6) is 0 Å². The van der Waals surface area contributed by atoms with Crippen molar-refractivity contribution in [3.63, 3.8) is 0 Å². The van der Waals surface area contributed by atoms with Crippen LogP contribution in [0.2, 0.25) is 0 Å². The molecule has 0 spiro atoms. The average molecular weight is 264 g/mol. The molecule has 0 aliphatic rings. The quantitative estimate of drug-likeness (QED) is 0.339. The fraction of sp³-hybridized carbons (Fsp3) is 0.333. The van der Waals surface area contributed by atoms with Crippen LogP contribution in [-0.2, 0) is 4.79 Å². The first-order valence-corrected chi connectivity index (χ1v) is 6.61. The fourth-order valence-corrected chi connectivity index (χ4v) is 2.69. The van der Waals surface area contributed by atoms with Crippen LogP contribution in [0.15, 0.2) is 29.4 Å². The molecule has 4 N–H and O–H groups in total. The molecule has 6 heteroatoms. The number of aromatic amines is 1. The number of para-hydroxylation sites is 2. The number of hydrogen-bond acceptors (Lipinski definition) is 4. The van der Waals surface area contributed by atoms with Crippen LogP contribution in [-0.4, -0.2) is 21.1 Å². The zero-order valence-electron chi connectivity index (χ0n) is 10.3. The highest BCUT2D eigenvalue weighted by molar-refractivity contribution is 8.00. The van der Waals surface area contributed by atoms with Crippen molar-refractivity contribution in [3.05, 3.63) is 24.3 Å². The number of rotatable bonds is 4. The second kappa shape index (κ2) is 5.41. The van der Waals surface area contributed by atoms with E-state index in [-0.39, 0.29) is 17.1 Å². The third-order valence-corrected chi connectivity index (χ3v) is 4.04. The normalized spacial score (nSPS) is 12.9. The van der Waals surface area contributed by atoms with Gasteiger partial charge in [-0.05, 0) is 18.1 Å².